The molecule has 0 spiro atoms. The van der Waals surface area contributed by atoms with Crippen LogP contribution in [0, 0.1) is 5.82 Å². The molecule has 0 bridgehead atoms. The van der Waals surface area contributed by atoms with Crippen LogP contribution in [0.5, 0.6) is 0 Å². The van der Waals surface area contributed by atoms with Crippen LogP contribution in [0.15, 0.2) is 36.5 Å². The molecule has 4 rings (SSSR count). The topological polar surface area (TPSA) is 78.0 Å². The summed E-state index contributed by atoms with van der Waals surface area (Å²) in [5.74, 6) is 0.599. The number of nitrogens with one attached hydrogen (secondary N) is 1. The predicted molar refractivity (Wildman–Crippen MR) is 118 cm³/mol. The second kappa shape index (κ2) is 8.45. The maximum absolute atomic E-state index is 13.4. The first-order chi connectivity index (χ1) is 14.8. The first-order valence-electron chi connectivity index (χ1n) is 10.5. The van der Waals surface area contributed by atoms with E-state index in [0.29, 0.717) is 24.7 Å². The number of hydrogen-bond donors (Lipinski definition) is 1. The number of anilines is 1. The summed E-state index contributed by atoms with van der Waals surface area (Å²) in [6, 6.07) is 8.18. The van der Waals surface area contributed by atoms with Crippen LogP contribution < -0.4 is 4.90 Å². The average molecular weight is 423 g/mol. The molecule has 2 aromatic heterocycles. The van der Waals surface area contributed by atoms with Gasteiger partial charge in [-0.2, -0.15) is 5.10 Å². The highest BCUT2D eigenvalue weighted by Crippen LogP contribution is 2.34. The molecule has 1 atom stereocenters. The number of hydrogen-bond acceptors (Lipinski definition) is 5. The minimum absolute atomic E-state index is 0.0641. The Morgan fingerprint density at radius 2 is 2.00 bits per heavy atom. The molecule has 1 fully saturated rings. The monoisotopic (exact) mass is 422 g/mol. The summed E-state index contributed by atoms with van der Waals surface area (Å²) in [7, 11) is 3.79. The molecule has 1 aliphatic heterocycles. The summed E-state index contributed by atoms with van der Waals surface area (Å²) in [6.45, 7) is 5.31. The Morgan fingerprint density at radius 3 is 2.65 bits per heavy atom. The number of likely N-dealkylation sites (tertiary alicyclic amines) is 1. The van der Waals surface area contributed by atoms with E-state index in [9.17, 15) is 9.18 Å². The van der Waals surface area contributed by atoms with Crippen molar-refractivity contribution in [1.29, 1.82) is 0 Å². The highest BCUT2D eigenvalue weighted by atomic mass is 19.1. The Balaban J connectivity index is 1.62. The molecule has 7 nitrogen and oxygen atoms in total. The van der Waals surface area contributed by atoms with E-state index in [1.807, 2.05) is 30.0 Å². The fourth-order valence-electron chi connectivity index (χ4n) is 3.84. The van der Waals surface area contributed by atoms with Crippen molar-refractivity contribution in [2.45, 2.75) is 32.1 Å². The molecule has 0 saturated carbocycles. The molecular weight excluding hydrogens is 395 g/mol. The van der Waals surface area contributed by atoms with E-state index in [0.717, 1.165) is 28.9 Å². The van der Waals surface area contributed by atoms with Crippen LogP contribution in [0.2, 0.25) is 0 Å². The lowest BCUT2D eigenvalue weighted by Crippen LogP contribution is -2.29. The average Bonchev–Trinajstić information content (AvgIpc) is 3.44. The first-order valence-corrected chi connectivity index (χ1v) is 10.5. The molecule has 0 radical (unpaired) electrons. The highest BCUT2D eigenvalue weighted by molar-refractivity contribution is 5.92. The molecule has 3 aromatic rings. The van der Waals surface area contributed by atoms with Crippen molar-refractivity contribution in [1.82, 2.24) is 25.1 Å². The zero-order chi connectivity index (χ0) is 22.1. The van der Waals surface area contributed by atoms with E-state index in [-0.39, 0.29) is 23.6 Å². The number of aromatic nitrogens is 4. The second-order valence-electron chi connectivity index (χ2n) is 8.47. The maximum Gasteiger partial charge on any atom is 0.274 e. The van der Waals surface area contributed by atoms with Crippen LogP contribution in [-0.2, 0) is 0 Å². The summed E-state index contributed by atoms with van der Waals surface area (Å²) in [5.41, 5.74) is 4.00. The molecule has 1 aliphatic rings. The fraction of sp³-hybridized carbons (Fsp3) is 0.391. The van der Waals surface area contributed by atoms with Gasteiger partial charge >= 0.3 is 0 Å². The smallest absolute Gasteiger partial charge is 0.274 e. The fourth-order valence-corrected chi connectivity index (χ4v) is 3.84. The van der Waals surface area contributed by atoms with E-state index in [1.54, 1.807) is 18.3 Å². The SMILES string of the molecule is CC(C)c1cc(C(=O)N2CC[C@H](c3nc(N(C)C)ncc3-c3ccc(F)cc3)C2)n[nH]1. The van der Waals surface area contributed by atoms with Crippen LogP contribution in [0.3, 0.4) is 0 Å². The van der Waals surface area contributed by atoms with Crippen molar-refractivity contribution in [2.24, 2.45) is 0 Å². The molecule has 1 N–H and O–H groups in total. The Labute approximate surface area is 181 Å². The molecule has 3 heterocycles. The van der Waals surface area contributed by atoms with E-state index >= 15 is 0 Å². The molecule has 1 aromatic carbocycles. The molecule has 31 heavy (non-hydrogen) atoms. The van der Waals surface area contributed by atoms with Crippen molar-refractivity contribution in [2.75, 3.05) is 32.1 Å². The zero-order valence-electron chi connectivity index (χ0n) is 18.3. The van der Waals surface area contributed by atoms with Gasteiger partial charge in [-0.25, -0.2) is 14.4 Å². The van der Waals surface area contributed by atoms with E-state index in [4.69, 9.17) is 4.98 Å². The third-order valence-corrected chi connectivity index (χ3v) is 5.66. The molecule has 162 valence electrons. The third-order valence-electron chi connectivity index (χ3n) is 5.66. The van der Waals surface area contributed by atoms with Crippen LogP contribution in [0.1, 0.15) is 54.0 Å². The summed E-state index contributed by atoms with van der Waals surface area (Å²) >= 11 is 0. The van der Waals surface area contributed by atoms with Gasteiger partial charge in [0.05, 0.1) is 5.69 Å². The summed E-state index contributed by atoms with van der Waals surface area (Å²) < 4.78 is 13.4. The quantitative estimate of drug-likeness (QED) is 0.676. The second-order valence-corrected chi connectivity index (χ2v) is 8.47. The van der Waals surface area contributed by atoms with Crippen molar-refractivity contribution in [3.05, 3.63) is 59.4 Å². The highest BCUT2D eigenvalue weighted by Gasteiger charge is 2.32. The summed E-state index contributed by atoms with van der Waals surface area (Å²) in [5, 5.41) is 7.16. The van der Waals surface area contributed by atoms with E-state index < -0.39 is 0 Å². The number of halogens is 1. The van der Waals surface area contributed by atoms with Gasteiger partial charge in [-0.15, -0.1) is 0 Å². The lowest BCUT2D eigenvalue weighted by Gasteiger charge is -2.19. The van der Waals surface area contributed by atoms with Crippen LogP contribution in [0.25, 0.3) is 11.1 Å². The Morgan fingerprint density at radius 1 is 1.26 bits per heavy atom. The summed E-state index contributed by atoms with van der Waals surface area (Å²) in [4.78, 5) is 25.9. The van der Waals surface area contributed by atoms with Crippen molar-refractivity contribution in [3.63, 3.8) is 0 Å². The molecule has 1 amide bonds. The third kappa shape index (κ3) is 4.28. The predicted octanol–water partition coefficient (Wildman–Crippen LogP) is 3.82. The number of amides is 1. The van der Waals surface area contributed by atoms with Gasteiger partial charge in [0, 0.05) is 50.6 Å². The minimum atomic E-state index is -0.284. The van der Waals surface area contributed by atoms with Gasteiger partial charge < -0.3 is 9.80 Å². The van der Waals surface area contributed by atoms with Gasteiger partial charge in [-0.1, -0.05) is 26.0 Å². The van der Waals surface area contributed by atoms with Gasteiger partial charge in [0.1, 0.15) is 11.5 Å². The molecule has 0 unspecified atom stereocenters. The molecular formula is C23H27FN6O. The molecule has 0 aliphatic carbocycles. The number of rotatable bonds is 5. The Bertz CT molecular complexity index is 1080. The van der Waals surface area contributed by atoms with Crippen LogP contribution >= 0.6 is 0 Å². The number of benzene rings is 1. The number of carbonyl (C=O) groups is 1. The molecule has 8 heteroatoms. The molecule has 1 saturated heterocycles. The lowest BCUT2D eigenvalue weighted by atomic mass is 9.96. The number of nitrogens with zero attached hydrogens (tertiary/aromatic N) is 5. The van der Waals surface area contributed by atoms with E-state index in [2.05, 4.69) is 29.0 Å². The van der Waals surface area contributed by atoms with Crippen molar-refractivity contribution >= 4 is 11.9 Å². The Kier molecular flexibility index (Phi) is 5.71. The standard InChI is InChI=1S/C23H27FN6O/c1-14(2)19-11-20(28-27-19)22(31)30-10-9-16(13-30)21-18(12-25-23(26-21)29(3)4)15-5-7-17(24)8-6-15/h5-8,11-12,14,16H,9-10,13H2,1-4H3,(H,27,28)/t16-/m0/s1. The van der Waals surface area contributed by atoms with Crippen LogP contribution in [-0.4, -0.2) is 58.2 Å². The zero-order valence-corrected chi connectivity index (χ0v) is 18.3. The first kappa shape index (κ1) is 21.0. The van der Waals surface area contributed by atoms with Gasteiger partial charge in [0.25, 0.3) is 5.91 Å². The van der Waals surface area contributed by atoms with Gasteiger partial charge in [-0.05, 0) is 36.1 Å². The van der Waals surface area contributed by atoms with E-state index in [1.165, 1.54) is 12.1 Å². The van der Waals surface area contributed by atoms with Gasteiger partial charge in [-0.3, -0.25) is 9.89 Å². The van der Waals surface area contributed by atoms with Crippen molar-refractivity contribution < 1.29 is 9.18 Å². The normalized spacial score (nSPS) is 16.2. The van der Waals surface area contributed by atoms with Crippen LogP contribution in [0.4, 0.5) is 10.3 Å². The number of carbonyl (C=O) groups excluding carboxylic acids is 1. The largest absolute Gasteiger partial charge is 0.347 e. The summed E-state index contributed by atoms with van der Waals surface area (Å²) in [6.07, 6.45) is 2.59. The maximum atomic E-state index is 13.4. The minimum Gasteiger partial charge on any atom is -0.347 e. The Hall–Kier alpha value is -3.29. The van der Waals surface area contributed by atoms with Crippen molar-refractivity contribution in [3.8, 4) is 11.1 Å². The number of H-pyrrole nitrogens is 1. The number of aromatic amines is 1. The van der Waals surface area contributed by atoms with Gasteiger partial charge in [0.2, 0.25) is 5.95 Å². The van der Waals surface area contributed by atoms with Gasteiger partial charge in [0.15, 0.2) is 0 Å². The lowest BCUT2D eigenvalue weighted by molar-refractivity contribution is 0.0785.